The third kappa shape index (κ3) is 1.19. The van der Waals surface area contributed by atoms with Crippen LogP contribution in [0.1, 0.15) is 0 Å². The van der Waals surface area contributed by atoms with Gasteiger partial charge in [-0.1, -0.05) is 0 Å². The van der Waals surface area contributed by atoms with Gasteiger partial charge >= 0.3 is 0 Å². The van der Waals surface area contributed by atoms with Crippen LogP contribution in [0.25, 0.3) is 0 Å². The number of rotatable bonds is 1. The molecule has 4 N–H and O–H groups in total. The number of aliphatic imine (C=N–C) groups is 1. The van der Waals surface area contributed by atoms with Crippen molar-refractivity contribution in [2.24, 2.45) is 16.5 Å². The lowest BCUT2D eigenvalue weighted by Gasteiger charge is -2.28. The van der Waals surface area contributed by atoms with E-state index in [1.807, 2.05) is 4.90 Å². The summed E-state index contributed by atoms with van der Waals surface area (Å²) in [7, 11) is 0. The van der Waals surface area contributed by atoms with Crippen LogP contribution < -0.4 is 11.5 Å². The monoisotopic (exact) mass is 178 g/mol. The van der Waals surface area contributed by atoms with Gasteiger partial charge in [-0.2, -0.15) is 0 Å². The van der Waals surface area contributed by atoms with E-state index in [4.69, 9.17) is 16.2 Å². The Morgan fingerprint density at radius 1 is 1.46 bits per heavy atom. The summed E-state index contributed by atoms with van der Waals surface area (Å²) >= 11 is 0. The number of hydrogen-bond donors (Lipinski definition) is 2. The Bertz CT molecular complexity index is 340. The minimum absolute atomic E-state index is 0.398. The summed E-state index contributed by atoms with van der Waals surface area (Å²) in [4.78, 5) is 5.79. The van der Waals surface area contributed by atoms with Gasteiger partial charge in [-0.25, -0.2) is 4.99 Å². The average molecular weight is 178 g/mol. The first kappa shape index (κ1) is 7.88. The highest BCUT2D eigenvalue weighted by Gasteiger charge is 2.20. The summed E-state index contributed by atoms with van der Waals surface area (Å²) in [6.07, 6.45) is 6.55. The topological polar surface area (TPSA) is 76.9 Å². The van der Waals surface area contributed by atoms with Gasteiger partial charge < -0.3 is 21.1 Å². The van der Waals surface area contributed by atoms with Crippen molar-refractivity contribution in [3.63, 3.8) is 0 Å². The molecule has 0 aromatic carbocycles. The largest absolute Gasteiger partial charge is 0.468 e. The zero-order chi connectivity index (χ0) is 9.26. The second-order valence-electron chi connectivity index (χ2n) is 2.63. The average Bonchev–Trinajstić information content (AvgIpc) is 2.18. The molecule has 2 heterocycles. The molecule has 0 fully saturated rings. The van der Waals surface area contributed by atoms with Crippen LogP contribution in [0.15, 0.2) is 41.3 Å². The van der Waals surface area contributed by atoms with Crippen molar-refractivity contribution in [1.82, 2.24) is 4.90 Å². The lowest BCUT2D eigenvalue weighted by molar-refractivity contribution is 0.342. The lowest BCUT2D eigenvalue weighted by Crippen LogP contribution is -2.33. The number of nitrogens with zero attached hydrogens (tertiary/aromatic N) is 2. The van der Waals surface area contributed by atoms with E-state index in [1.54, 1.807) is 24.9 Å². The predicted octanol–water partition coefficient (Wildman–Crippen LogP) is -0.198. The molecule has 5 nitrogen and oxygen atoms in total. The van der Waals surface area contributed by atoms with Crippen LogP contribution in [0.4, 0.5) is 0 Å². The summed E-state index contributed by atoms with van der Waals surface area (Å²) in [5.41, 5.74) is 12.8. The van der Waals surface area contributed by atoms with E-state index in [-0.39, 0.29) is 0 Å². The van der Waals surface area contributed by atoms with E-state index >= 15 is 0 Å². The first-order chi connectivity index (χ1) is 6.33. The zero-order valence-corrected chi connectivity index (χ0v) is 6.97. The standard InChI is InChI=1S/C8H10N4O/c9-3-6-4-13-5-7-8(10)11-1-2-12(6)7/h1-2,4-5H,3,9H2,(H2,10,11). The van der Waals surface area contributed by atoms with Gasteiger partial charge in [-0.05, 0) is 0 Å². The lowest BCUT2D eigenvalue weighted by atomic mass is 10.3. The number of hydrogen-bond acceptors (Lipinski definition) is 5. The first-order valence-corrected chi connectivity index (χ1v) is 3.87. The molecule has 0 radical (unpaired) electrons. The van der Waals surface area contributed by atoms with Gasteiger partial charge in [0, 0.05) is 18.9 Å². The van der Waals surface area contributed by atoms with Crippen LogP contribution in [-0.2, 0) is 4.74 Å². The van der Waals surface area contributed by atoms with E-state index in [0.717, 1.165) is 11.4 Å². The van der Waals surface area contributed by atoms with Gasteiger partial charge in [0.05, 0.1) is 5.70 Å². The summed E-state index contributed by atoms with van der Waals surface area (Å²) in [5, 5.41) is 0. The molecule has 2 rings (SSSR count). The molecule has 0 aromatic rings. The molecular weight excluding hydrogens is 168 g/mol. The third-order valence-corrected chi connectivity index (χ3v) is 1.85. The van der Waals surface area contributed by atoms with Gasteiger partial charge in [0.25, 0.3) is 0 Å². The fourth-order valence-corrected chi connectivity index (χ4v) is 1.20. The van der Waals surface area contributed by atoms with E-state index in [0.29, 0.717) is 12.4 Å². The normalized spacial score (nSPS) is 19.8. The molecule has 2 aliphatic heterocycles. The van der Waals surface area contributed by atoms with Crippen LogP contribution in [0.2, 0.25) is 0 Å². The molecular formula is C8H10N4O. The molecule has 0 spiro atoms. The van der Waals surface area contributed by atoms with Gasteiger partial charge in [-0.3, -0.25) is 0 Å². The molecule has 13 heavy (non-hydrogen) atoms. The summed E-state index contributed by atoms with van der Waals surface area (Å²) in [6.45, 7) is 0.398. The van der Waals surface area contributed by atoms with Crippen LogP contribution in [0.3, 0.4) is 0 Å². The third-order valence-electron chi connectivity index (χ3n) is 1.85. The Labute approximate surface area is 75.7 Å². The van der Waals surface area contributed by atoms with Crippen LogP contribution in [0, 0.1) is 0 Å². The van der Waals surface area contributed by atoms with E-state index in [1.165, 1.54) is 0 Å². The van der Waals surface area contributed by atoms with Crippen molar-refractivity contribution in [3.8, 4) is 0 Å². The quantitative estimate of drug-likeness (QED) is 0.583. The Hall–Kier alpha value is -1.75. The van der Waals surface area contributed by atoms with E-state index in [9.17, 15) is 0 Å². The van der Waals surface area contributed by atoms with Crippen molar-refractivity contribution in [2.75, 3.05) is 6.54 Å². The van der Waals surface area contributed by atoms with Gasteiger partial charge in [0.2, 0.25) is 0 Å². The van der Waals surface area contributed by atoms with Crippen molar-refractivity contribution in [2.45, 2.75) is 0 Å². The molecule has 0 saturated carbocycles. The molecule has 68 valence electrons. The molecule has 0 atom stereocenters. The van der Waals surface area contributed by atoms with Crippen molar-refractivity contribution < 1.29 is 4.74 Å². The fourth-order valence-electron chi connectivity index (χ4n) is 1.20. The predicted molar refractivity (Wildman–Crippen MR) is 48.9 cm³/mol. The smallest absolute Gasteiger partial charge is 0.150 e. The highest BCUT2D eigenvalue weighted by atomic mass is 16.5. The van der Waals surface area contributed by atoms with Crippen molar-refractivity contribution in [1.29, 1.82) is 0 Å². The van der Waals surface area contributed by atoms with Crippen molar-refractivity contribution in [3.05, 3.63) is 36.3 Å². The van der Waals surface area contributed by atoms with Crippen LogP contribution in [-0.4, -0.2) is 17.3 Å². The number of fused-ring (bicyclic) bond motifs is 1. The maximum atomic E-state index is 5.65. The second kappa shape index (κ2) is 2.95. The Balaban J connectivity index is 2.34. The molecule has 5 heteroatoms. The second-order valence-corrected chi connectivity index (χ2v) is 2.63. The maximum Gasteiger partial charge on any atom is 0.150 e. The minimum Gasteiger partial charge on any atom is -0.468 e. The first-order valence-electron chi connectivity index (χ1n) is 3.87. The van der Waals surface area contributed by atoms with E-state index in [2.05, 4.69) is 4.99 Å². The van der Waals surface area contributed by atoms with Gasteiger partial charge in [0.1, 0.15) is 18.2 Å². The van der Waals surface area contributed by atoms with Crippen molar-refractivity contribution >= 4 is 5.84 Å². The number of nitrogens with two attached hydrogens (primary N) is 2. The SMILES string of the molecule is NCC1=COC=C2C(N)=NC=CN12. The number of ether oxygens (including phenoxy) is 1. The molecule has 0 bridgehead atoms. The highest BCUT2D eigenvalue weighted by molar-refractivity contribution is 5.97. The Morgan fingerprint density at radius 2 is 2.31 bits per heavy atom. The molecule has 0 amide bonds. The van der Waals surface area contributed by atoms with Gasteiger partial charge in [-0.15, -0.1) is 0 Å². The molecule has 0 saturated heterocycles. The fraction of sp³-hybridized carbons (Fsp3) is 0.125. The van der Waals surface area contributed by atoms with Gasteiger partial charge in [0.15, 0.2) is 5.84 Å². The van der Waals surface area contributed by atoms with Crippen LogP contribution in [0.5, 0.6) is 0 Å². The Kier molecular flexibility index (Phi) is 1.79. The summed E-state index contributed by atoms with van der Waals surface area (Å²) in [5.74, 6) is 0.432. The summed E-state index contributed by atoms with van der Waals surface area (Å²) < 4.78 is 5.07. The molecule has 0 unspecified atom stereocenters. The Morgan fingerprint density at radius 3 is 3.08 bits per heavy atom. The zero-order valence-electron chi connectivity index (χ0n) is 6.97. The highest BCUT2D eigenvalue weighted by Crippen LogP contribution is 2.20. The minimum atomic E-state index is 0.398. The maximum absolute atomic E-state index is 5.65. The molecule has 2 aliphatic rings. The molecule has 0 aliphatic carbocycles. The van der Waals surface area contributed by atoms with E-state index < -0.39 is 0 Å². The summed E-state index contributed by atoms with van der Waals surface area (Å²) in [6, 6.07) is 0. The molecule has 0 aromatic heterocycles. The number of amidine groups is 1. The van der Waals surface area contributed by atoms with Crippen LogP contribution >= 0.6 is 0 Å².